The number of nitrogens with two attached hydrogens (primary N) is 1. The summed E-state index contributed by atoms with van der Waals surface area (Å²) >= 11 is 0. The zero-order valence-electron chi connectivity index (χ0n) is 11.4. The van der Waals surface area contributed by atoms with Crippen LogP contribution in [0.5, 0.6) is 0 Å². The third-order valence-corrected chi connectivity index (χ3v) is 2.71. The molecule has 0 aromatic heterocycles. The average Bonchev–Trinajstić information content (AvgIpc) is 2.37. The molecule has 1 aliphatic rings. The molecule has 0 saturated carbocycles. The summed E-state index contributed by atoms with van der Waals surface area (Å²) in [6.45, 7) is 4.79. The van der Waals surface area contributed by atoms with E-state index in [0.717, 1.165) is 19.2 Å². The monoisotopic (exact) mass is 271 g/mol. The summed E-state index contributed by atoms with van der Waals surface area (Å²) in [5.41, 5.74) is 5.73. The molecule has 0 aromatic carbocycles. The Kier molecular flexibility index (Phi) is 6.14. The highest BCUT2D eigenvalue weighted by molar-refractivity contribution is 5.82. The van der Waals surface area contributed by atoms with Gasteiger partial charge in [0.2, 0.25) is 0 Å². The molecule has 1 heterocycles. The van der Waals surface area contributed by atoms with E-state index in [9.17, 15) is 9.59 Å². The third kappa shape index (κ3) is 5.60. The van der Waals surface area contributed by atoms with Crippen molar-refractivity contribution in [2.45, 2.75) is 6.92 Å². The molecule has 0 aromatic rings. The van der Waals surface area contributed by atoms with Crippen molar-refractivity contribution in [2.24, 2.45) is 5.73 Å². The fourth-order valence-electron chi connectivity index (χ4n) is 1.60. The number of carbonyl (C=O) groups excluding carboxylic acids is 2. The number of hydrogen-bond acceptors (Lipinski definition) is 6. The number of amides is 1. The number of ether oxygens (including phenoxy) is 2. The highest BCUT2D eigenvalue weighted by Crippen LogP contribution is 2.02. The van der Waals surface area contributed by atoms with Gasteiger partial charge in [0.1, 0.15) is 6.61 Å². The lowest BCUT2D eigenvalue weighted by Crippen LogP contribution is -2.47. The third-order valence-electron chi connectivity index (χ3n) is 2.71. The maximum Gasteiger partial charge on any atom is 0.410 e. The first-order valence-electron chi connectivity index (χ1n) is 6.26. The zero-order chi connectivity index (χ0) is 14.3. The van der Waals surface area contributed by atoms with Gasteiger partial charge in [-0.3, -0.25) is 0 Å². The number of carbonyl (C=O) groups is 2. The first-order valence-corrected chi connectivity index (χ1v) is 6.26. The molecule has 1 rings (SSSR count). The minimum Gasteiger partial charge on any atom is -0.463 e. The fraction of sp³-hybridized carbons (Fsp3) is 0.667. The van der Waals surface area contributed by atoms with Crippen molar-refractivity contribution in [1.29, 1.82) is 0 Å². The van der Waals surface area contributed by atoms with Crippen molar-refractivity contribution in [2.75, 3.05) is 46.4 Å². The molecule has 0 atom stereocenters. The van der Waals surface area contributed by atoms with Crippen molar-refractivity contribution in [3.8, 4) is 0 Å². The van der Waals surface area contributed by atoms with Gasteiger partial charge in [-0.2, -0.15) is 0 Å². The molecule has 2 N–H and O–H groups in total. The van der Waals surface area contributed by atoms with E-state index in [1.807, 2.05) is 7.05 Å². The lowest BCUT2D eigenvalue weighted by Gasteiger charge is -2.31. The van der Waals surface area contributed by atoms with Gasteiger partial charge in [-0.25, -0.2) is 9.59 Å². The molecule has 1 amide bonds. The van der Waals surface area contributed by atoms with Crippen molar-refractivity contribution in [3.63, 3.8) is 0 Å². The van der Waals surface area contributed by atoms with E-state index in [4.69, 9.17) is 15.2 Å². The van der Waals surface area contributed by atoms with Crippen LogP contribution in [0, 0.1) is 0 Å². The lowest BCUT2D eigenvalue weighted by atomic mass is 10.3. The molecule has 7 heteroatoms. The first kappa shape index (κ1) is 15.3. The molecular weight excluding hydrogens is 250 g/mol. The van der Waals surface area contributed by atoms with Crippen LogP contribution in [0.3, 0.4) is 0 Å². The molecule has 0 unspecified atom stereocenters. The topological polar surface area (TPSA) is 85.1 Å². The van der Waals surface area contributed by atoms with Crippen molar-refractivity contribution in [3.05, 3.63) is 11.8 Å². The minimum atomic E-state index is -0.532. The fourth-order valence-corrected chi connectivity index (χ4v) is 1.60. The summed E-state index contributed by atoms with van der Waals surface area (Å²) in [5, 5.41) is 0. The normalized spacial score (nSPS) is 17.2. The molecule has 0 radical (unpaired) electrons. The quantitative estimate of drug-likeness (QED) is 0.562. The summed E-state index contributed by atoms with van der Waals surface area (Å²) < 4.78 is 9.72. The molecule has 19 heavy (non-hydrogen) atoms. The van der Waals surface area contributed by atoms with Crippen LogP contribution in [-0.4, -0.2) is 68.3 Å². The molecule has 0 aliphatic carbocycles. The van der Waals surface area contributed by atoms with Crippen molar-refractivity contribution < 1.29 is 19.1 Å². The van der Waals surface area contributed by atoms with E-state index in [2.05, 4.69) is 4.90 Å². The van der Waals surface area contributed by atoms with Gasteiger partial charge in [0.15, 0.2) is 0 Å². The Bertz CT molecular complexity index is 349. The van der Waals surface area contributed by atoms with Gasteiger partial charge in [-0.1, -0.05) is 0 Å². The molecule has 0 spiro atoms. The Morgan fingerprint density at radius 1 is 1.21 bits per heavy atom. The second-order valence-corrected chi connectivity index (χ2v) is 4.32. The Morgan fingerprint density at radius 3 is 2.42 bits per heavy atom. The SMILES string of the molecule is CCOC(=O)/C=C(\N)COC(=O)N1CCN(C)CC1. The lowest BCUT2D eigenvalue weighted by molar-refractivity contribution is -0.137. The Labute approximate surface area is 112 Å². The predicted octanol–water partition coefficient (Wildman–Crippen LogP) is -0.224. The van der Waals surface area contributed by atoms with Crippen LogP contribution in [0.4, 0.5) is 4.79 Å². The predicted molar refractivity (Wildman–Crippen MR) is 69.3 cm³/mol. The van der Waals surface area contributed by atoms with E-state index in [-0.39, 0.29) is 18.9 Å². The van der Waals surface area contributed by atoms with E-state index in [0.29, 0.717) is 13.1 Å². The zero-order valence-corrected chi connectivity index (χ0v) is 11.4. The highest BCUT2D eigenvalue weighted by Gasteiger charge is 2.20. The first-order chi connectivity index (χ1) is 9.02. The van der Waals surface area contributed by atoms with Gasteiger partial charge in [0.25, 0.3) is 0 Å². The Hall–Kier alpha value is -1.76. The highest BCUT2D eigenvalue weighted by atomic mass is 16.6. The number of rotatable bonds is 4. The molecule has 1 fully saturated rings. The average molecular weight is 271 g/mol. The van der Waals surface area contributed by atoms with Gasteiger partial charge in [0.05, 0.1) is 12.3 Å². The number of piperazine rings is 1. The van der Waals surface area contributed by atoms with E-state index < -0.39 is 12.1 Å². The number of nitrogens with zero attached hydrogens (tertiary/aromatic N) is 2. The minimum absolute atomic E-state index is 0.107. The van der Waals surface area contributed by atoms with Crippen LogP contribution in [-0.2, 0) is 14.3 Å². The summed E-state index contributed by atoms with van der Waals surface area (Å²) in [4.78, 5) is 26.6. The summed E-state index contributed by atoms with van der Waals surface area (Å²) in [6, 6.07) is 0. The largest absolute Gasteiger partial charge is 0.463 e. The Balaban J connectivity index is 2.31. The van der Waals surface area contributed by atoms with Crippen LogP contribution in [0.2, 0.25) is 0 Å². The second kappa shape index (κ2) is 7.63. The molecular formula is C12H21N3O4. The van der Waals surface area contributed by atoms with Gasteiger partial charge in [-0.05, 0) is 14.0 Å². The van der Waals surface area contributed by atoms with Gasteiger partial charge in [-0.15, -0.1) is 0 Å². The maximum atomic E-state index is 11.7. The molecule has 7 nitrogen and oxygen atoms in total. The van der Waals surface area contributed by atoms with E-state index >= 15 is 0 Å². The van der Waals surface area contributed by atoms with Crippen LogP contribution in [0.25, 0.3) is 0 Å². The second-order valence-electron chi connectivity index (χ2n) is 4.32. The van der Waals surface area contributed by atoms with Gasteiger partial charge >= 0.3 is 12.1 Å². The smallest absolute Gasteiger partial charge is 0.410 e. The van der Waals surface area contributed by atoms with Crippen molar-refractivity contribution >= 4 is 12.1 Å². The number of hydrogen-bond donors (Lipinski definition) is 1. The summed E-state index contributed by atoms with van der Waals surface area (Å²) in [7, 11) is 2.00. The van der Waals surface area contributed by atoms with Crippen LogP contribution >= 0.6 is 0 Å². The standard InChI is InChI=1S/C12H21N3O4/c1-3-18-11(16)8-10(13)9-19-12(17)15-6-4-14(2)5-7-15/h8H,3-7,9,13H2,1-2H3/b10-8-. The molecule has 1 saturated heterocycles. The van der Waals surface area contributed by atoms with Gasteiger partial charge < -0.3 is 25.0 Å². The van der Waals surface area contributed by atoms with Crippen LogP contribution in [0.15, 0.2) is 11.8 Å². The van der Waals surface area contributed by atoms with Gasteiger partial charge in [0, 0.05) is 32.3 Å². The van der Waals surface area contributed by atoms with Crippen LogP contribution < -0.4 is 5.73 Å². The van der Waals surface area contributed by atoms with E-state index in [1.54, 1.807) is 11.8 Å². The Morgan fingerprint density at radius 2 is 1.84 bits per heavy atom. The summed E-state index contributed by atoms with van der Waals surface area (Å²) in [5.74, 6) is -0.532. The molecule has 108 valence electrons. The van der Waals surface area contributed by atoms with Crippen molar-refractivity contribution in [1.82, 2.24) is 9.80 Å². The summed E-state index contributed by atoms with van der Waals surface area (Å²) in [6.07, 6.45) is 0.717. The molecule has 1 aliphatic heterocycles. The number of esters is 1. The van der Waals surface area contributed by atoms with E-state index in [1.165, 1.54) is 0 Å². The number of likely N-dealkylation sites (N-methyl/N-ethyl adjacent to an activating group) is 1. The van der Waals surface area contributed by atoms with Crippen LogP contribution in [0.1, 0.15) is 6.92 Å². The maximum absolute atomic E-state index is 11.7. The molecule has 0 bridgehead atoms.